The molecule has 1 N–H and O–H groups in total. The van der Waals surface area contributed by atoms with Crippen molar-refractivity contribution in [2.75, 3.05) is 5.75 Å². The van der Waals surface area contributed by atoms with Crippen LogP contribution in [0.3, 0.4) is 0 Å². The van der Waals surface area contributed by atoms with Crippen molar-refractivity contribution in [1.82, 2.24) is 4.98 Å². The molecule has 12 heavy (non-hydrogen) atoms. The SMILES string of the molecule is O=C(S)CSc1c[nH]ccc1=S. The minimum Gasteiger partial charge on any atom is -0.367 e. The van der Waals surface area contributed by atoms with Crippen LogP contribution in [0.25, 0.3) is 0 Å². The molecule has 1 rings (SSSR count). The van der Waals surface area contributed by atoms with Crippen molar-refractivity contribution in [2.24, 2.45) is 0 Å². The van der Waals surface area contributed by atoms with Crippen molar-refractivity contribution in [2.45, 2.75) is 4.90 Å². The van der Waals surface area contributed by atoms with Gasteiger partial charge < -0.3 is 4.98 Å². The molecular formula is C7H7NOS3. The van der Waals surface area contributed by atoms with E-state index in [2.05, 4.69) is 17.6 Å². The molecule has 1 aromatic heterocycles. The third-order valence-corrected chi connectivity index (χ3v) is 3.05. The highest BCUT2D eigenvalue weighted by molar-refractivity contribution is 8.04. The van der Waals surface area contributed by atoms with Crippen molar-refractivity contribution in [1.29, 1.82) is 0 Å². The first kappa shape index (κ1) is 9.83. The summed E-state index contributed by atoms with van der Waals surface area (Å²) >= 11 is 10.1. The Morgan fingerprint density at radius 2 is 2.50 bits per heavy atom. The lowest BCUT2D eigenvalue weighted by atomic mass is 10.5. The van der Waals surface area contributed by atoms with Gasteiger partial charge in [-0.3, -0.25) is 4.79 Å². The Bertz CT molecular complexity index is 333. The Kier molecular flexibility index (Phi) is 3.84. The van der Waals surface area contributed by atoms with Crippen LogP contribution < -0.4 is 0 Å². The normalized spacial score (nSPS) is 9.75. The van der Waals surface area contributed by atoms with Gasteiger partial charge in [-0.1, -0.05) is 12.2 Å². The Morgan fingerprint density at radius 3 is 3.08 bits per heavy atom. The van der Waals surface area contributed by atoms with Gasteiger partial charge in [0.15, 0.2) is 5.12 Å². The van der Waals surface area contributed by atoms with Crippen molar-refractivity contribution < 1.29 is 4.79 Å². The largest absolute Gasteiger partial charge is 0.367 e. The van der Waals surface area contributed by atoms with Crippen LogP contribution in [0.15, 0.2) is 23.4 Å². The highest BCUT2D eigenvalue weighted by Gasteiger charge is 1.98. The first-order chi connectivity index (χ1) is 5.70. The lowest BCUT2D eigenvalue weighted by Crippen LogP contribution is -1.89. The number of thioether (sulfide) groups is 1. The van der Waals surface area contributed by atoms with Crippen LogP contribution in [0.4, 0.5) is 0 Å². The lowest BCUT2D eigenvalue weighted by Gasteiger charge is -1.96. The van der Waals surface area contributed by atoms with Gasteiger partial charge in [-0.15, -0.1) is 24.4 Å². The number of aromatic nitrogens is 1. The maximum absolute atomic E-state index is 10.5. The summed E-state index contributed by atoms with van der Waals surface area (Å²) in [6, 6.07) is 1.79. The fourth-order valence-electron chi connectivity index (χ4n) is 0.653. The van der Waals surface area contributed by atoms with E-state index in [0.29, 0.717) is 5.75 Å². The molecule has 0 bridgehead atoms. The van der Waals surface area contributed by atoms with Crippen molar-refractivity contribution in [3.05, 3.63) is 23.0 Å². The molecule has 0 radical (unpaired) electrons. The van der Waals surface area contributed by atoms with Crippen molar-refractivity contribution >= 4 is 41.7 Å². The van der Waals surface area contributed by atoms with Gasteiger partial charge in [-0.25, -0.2) is 0 Å². The van der Waals surface area contributed by atoms with Crippen LogP contribution in [0.1, 0.15) is 0 Å². The van der Waals surface area contributed by atoms with Crippen LogP contribution in [0, 0.1) is 4.51 Å². The number of thiol groups is 1. The van der Waals surface area contributed by atoms with E-state index in [9.17, 15) is 4.79 Å². The average molecular weight is 217 g/mol. The summed E-state index contributed by atoms with van der Waals surface area (Å²) in [4.78, 5) is 14.3. The molecule has 0 aliphatic rings. The average Bonchev–Trinajstić information content (AvgIpc) is 2.03. The number of rotatable bonds is 3. The predicted octanol–water partition coefficient (Wildman–Crippen LogP) is 2.29. The Hall–Kier alpha value is -0.260. The van der Waals surface area contributed by atoms with Gasteiger partial charge in [0.2, 0.25) is 0 Å². The van der Waals surface area contributed by atoms with E-state index in [0.717, 1.165) is 9.41 Å². The van der Waals surface area contributed by atoms with Gasteiger partial charge >= 0.3 is 0 Å². The summed E-state index contributed by atoms with van der Waals surface area (Å²) in [5.74, 6) is 0.352. The Morgan fingerprint density at radius 1 is 1.75 bits per heavy atom. The highest BCUT2D eigenvalue weighted by Crippen LogP contribution is 2.18. The zero-order valence-electron chi connectivity index (χ0n) is 6.11. The zero-order chi connectivity index (χ0) is 8.97. The van der Waals surface area contributed by atoms with Gasteiger partial charge in [-0.05, 0) is 6.07 Å². The summed E-state index contributed by atoms with van der Waals surface area (Å²) in [6.45, 7) is 0. The van der Waals surface area contributed by atoms with Crippen LogP contribution in [-0.2, 0) is 4.79 Å². The second-order valence-electron chi connectivity index (χ2n) is 2.06. The number of carbonyl (C=O) groups is 1. The van der Waals surface area contributed by atoms with E-state index in [1.807, 2.05) is 0 Å². The first-order valence-electron chi connectivity index (χ1n) is 3.22. The second-order valence-corrected chi connectivity index (χ2v) is 4.01. The molecule has 0 atom stereocenters. The smallest absolute Gasteiger partial charge is 0.196 e. The fourth-order valence-corrected chi connectivity index (χ4v) is 1.79. The van der Waals surface area contributed by atoms with Gasteiger partial charge in [0.1, 0.15) is 0 Å². The Labute approximate surface area is 85.2 Å². The van der Waals surface area contributed by atoms with E-state index in [1.165, 1.54) is 11.8 Å². The zero-order valence-corrected chi connectivity index (χ0v) is 8.64. The van der Waals surface area contributed by atoms with Gasteiger partial charge in [0.05, 0.1) is 10.3 Å². The molecule has 5 heteroatoms. The summed E-state index contributed by atoms with van der Waals surface area (Å²) in [5.41, 5.74) is 0. The summed E-state index contributed by atoms with van der Waals surface area (Å²) in [5, 5.41) is -0.141. The van der Waals surface area contributed by atoms with E-state index in [1.54, 1.807) is 18.5 Å². The molecule has 0 aliphatic carbocycles. The maximum atomic E-state index is 10.5. The van der Waals surface area contributed by atoms with E-state index < -0.39 is 0 Å². The standard InChI is InChI=1S/C7H7NOS3/c9-7(11)4-12-6-3-8-2-1-5(6)10/h1-3H,4H2,(H,8,10)(H,9,11). The molecule has 0 amide bonds. The lowest BCUT2D eigenvalue weighted by molar-refractivity contribution is -0.108. The van der Waals surface area contributed by atoms with Gasteiger partial charge in [-0.2, -0.15) is 0 Å². The summed E-state index contributed by atoms with van der Waals surface area (Å²) in [6.07, 6.45) is 3.54. The molecule has 0 spiro atoms. The summed E-state index contributed by atoms with van der Waals surface area (Å²) in [7, 11) is 0. The Balaban J connectivity index is 2.70. The van der Waals surface area contributed by atoms with E-state index in [-0.39, 0.29) is 5.12 Å². The number of nitrogens with one attached hydrogen (secondary N) is 1. The molecule has 1 heterocycles. The van der Waals surface area contributed by atoms with Crippen LogP contribution in [0.5, 0.6) is 0 Å². The van der Waals surface area contributed by atoms with E-state index in [4.69, 9.17) is 12.2 Å². The molecule has 1 aromatic rings. The topological polar surface area (TPSA) is 32.9 Å². The third-order valence-electron chi connectivity index (χ3n) is 1.14. The van der Waals surface area contributed by atoms with Crippen molar-refractivity contribution in [3.63, 3.8) is 0 Å². The van der Waals surface area contributed by atoms with Crippen LogP contribution in [-0.4, -0.2) is 15.9 Å². The number of pyridine rings is 1. The van der Waals surface area contributed by atoms with E-state index >= 15 is 0 Å². The molecular weight excluding hydrogens is 210 g/mol. The molecule has 0 saturated heterocycles. The molecule has 0 fully saturated rings. The first-order valence-corrected chi connectivity index (χ1v) is 5.06. The molecule has 0 aliphatic heterocycles. The number of aromatic amines is 1. The fraction of sp³-hybridized carbons (Fsp3) is 0.143. The maximum Gasteiger partial charge on any atom is 0.196 e. The number of H-pyrrole nitrogens is 1. The quantitative estimate of drug-likeness (QED) is 0.463. The minimum absolute atomic E-state index is 0.141. The number of hydrogen-bond donors (Lipinski definition) is 2. The predicted molar refractivity (Wildman–Crippen MR) is 56.3 cm³/mol. The highest BCUT2D eigenvalue weighted by atomic mass is 32.2. The second kappa shape index (κ2) is 4.69. The minimum atomic E-state index is -0.141. The van der Waals surface area contributed by atoms with Gasteiger partial charge in [0.25, 0.3) is 0 Å². The third kappa shape index (κ3) is 3.00. The molecule has 2 nitrogen and oxygen atoms in total. The van der Waals surface area contributed by atoms with Crippen molar-refractivity contribution in [3.8, 4) is 0 Å². The number of hydrogen-bond acceptors (Lipinski definition) is 3. The number of carbonyl (C=O) groups excluding carboxylic acids is 1. The molecule has 64 valence electrons. The molecule has 0 aromatic carbocycles. The monoisotopic (exact) mass is 217 g/mol. The van der Waals surface area contributed by atoms with Crippen LogP contribution >= 0.6 is 36.6 Å². The van der Waals surface area contributed by atoms with Crippen LogP contribution in [0.2, 0.25) is 0 Å². The molecule has 0 unspecified atom stereocenters. The van der Waals surface area contributed by atoms with Gasteiger partial charge in [0, 0.05) is 17.3 Å². The molecule has 0 saturated carbocycles. The summed E-state index contributed by atoms with van der Waals surface area (Å²) < 4.78 is 0.758.